The third-order valence-electron chi connectivity index (χ3n) is 5.04. The first-order valence-electron chi connectivity index (χ1n) is 9.52. The van der Waals surface area contributed by atoms with Crippen LogP contribution < -0.4 is 10.6 Å². The maximum absolute atomic E-state index is 12.7. The molecule has 0 saturated carbocycles. The van der Waals surface area contributed by atoms with Crippen molar-refractivity contribution in [2.45, 2.75) is 12.6 Å². The van der Waals surface area contributed by atoms with Gasteiger partial charge in [0.1, 0.15) is 5.82 Å². The molecular weight excluding hydrogens is 400 g/mol. The third kappa shape index (κ3) is 5.03. The van der Waals surface area contributed by atoms with Gasteiger partial charge in [0.25, 0.3) is 0 Å². The number of hydrogen-bond donors (Lipinski definition) is 3. The summed E-state index contributed by atoms with van der Waals surface area (Å²) in [6.07, 6.45) is 0. The number of piperazine rings is 1. The Kier molecular flexibility index (Phi) is 6.48. The summed E-state index contributed by atoms with van der Waals surface area (Å²) in [5.41, 5.74) is 0.982. The number of aromatic nitrogens is 2. The number of nitrogens with zero attached hydrogens (tertiary/aromatic N) is 3. The number of H-pyrrole nitrogens is 1. The minimum absolute atomic E-state index is 0.0571. The molecule has 1 atom stereocenters. The number of rotatable bonds is 6. The Labute approximate surface area is 173 Å². The van der Waals surface area contributed by atoms with E-state index in [1.807, 2.05) is 23.1 Å². The van der Waals surface area contributed by atoms with Gasteiger partial charge in [-0.3, -0.25) is 14.8 Å². The van der Waals surface area contributed by atoms with Crippen LogP contribution in [0.4, 0.5) is 5.82 Å². The van der Waals surface area contributed by atoms with Crippen LogP contribution in [0.5, 0.6) is 0 Å². The fourth-order valence-corrected chi connectivity index (χ4v) is 4.49. The Morgan fingerprint density at radius 3 is 3.00 bits per heavy atom. The lowest BCUT2D eigenvalue weighted by Crippen LogP contribution is -2.52. The van der Waals surface area contributed by atoms with Crippen molar-refractivity contribution in [3.63, 3.8) is 0 Å². The van der Waals surface area contributed by atoms with E-state index in [1.54, 1.807) is 11.3 Å². The highest BCUT2D eigenvalue weighted by Gasteiger charge is 2.27. The Bertz CT molecular complexity index is 791. The van der Waals surface area contributed by atoms with Gasteiger partial charge in [0.15, 0.2) is 0 Å². The molecule has 8 nitrogen and oxygen atoms in total. The van der Waals surface area contributed by atoms with Crippen molar-refractivity contribution < 1.29 is 9.53 Å². The molecule has 2 aromatic heterocycles. The van der Waals surface area contributed by atoms with Gasteiger partial charge >= 0.3 is 0 Å². The van der Waals surface area contributed by atoms with Gasteiger partial charge in [-0.1, -0.05) is 11.6 Å². The molecular formula is C18H25ClN6O2S. The SMILES string of the molecule is O=C(CN1CCOCC1)N1CCNC(c2cc(NCc3ccc(Cl)s3)n[nH]2)C1. The van der Waals surface area contributed by atoms with Gasteiger partial charge in [-0.05, 0) is 12.1 Å². The van der Waals surface area contributed by atoms with Crippen LogP contribution in [-0.2, 0) is 16.1 Å². The molecule has 3 N–H and O–H groups in total. The first-order chi connectivity index (χ1) is 13.7. The highest BCUT2D eigenvalue weighted by molar-refractivity contribution is 7.16. The molecule has 2 fully saturated rings. The molecule has 2 saturated heterocycles. The average Bonchev–Trinajstić information content (AvgIpc) is 3.36. The number of hydrogen-bond acceptors (Lipinski definition) is 7. The van der Waals surface area contributed by atoms with Crippen LogP contribution in [0.15, 0.2) is 18.2 Å². The van der Waals surface area contributed by atoms with Gasteiger partial charge in [0.2, 0.25) is 5.91 Å². The molecule has 2 aromatic rings. The molecule has 0 aromatic carbocycles. The van der Waals surface area contributed by atoms with Crippen LogP contribution >= 0.6 is 22.9 Å². The lowest BCUT2D eigenvalue weighted by molar-refractivity contribution is -0.134. The smallest absolute Gasteiger partial charge is 0.236 e. The molecule has 28 heavy (non-hydrogen) atoms. The van der Waals surface area contributed by atoms with E-state index in [9.17, 15) is 4.79 Å². The zero-order valence-electron chi connectivity index (χ0n) is 15.6. The molecule has 0 aliphatic carbocycles. The van der Waals surface area contributed by atoms with Crippen molar-refractivity contribution >= 4 is 34.7 Å². The van der Waals surface area contributed by atoms with Crippen molar-refractivity contribution in [3.8, 4) is 0 Å². The van der Waals surface area contributed by atoms with E-state index >= 15 is 0 Å². The van der Waals surface area contributed by atoms with Gasteiger partial charge in [0.05, 0.1) is 42.4 Å². The highest BCUT2D eigenvalue weighted by Crippen LogP contribution is 2.23. The number of ether oxygens (including phenoxy) is 1. The van der Waals surface area contributed by atoms with E-state index in [0.717, 1.165) is 46.9 Å². The summed E-state index contributed by atoms with van der Waals surface area (Å²) in [6.45, 7) is 6.37. The number of thiophene rings is 1. The summed E-state index contributed by atoms with van der Waals surface area (Å²) in [5.74, 6) is 0.971. The molecule has 1 unspecified atom stereocenters. The third-order valence-corrected chi connectivity index (χ3v) is 6.27. The lowest BCUT2D eigenvalue weighted by Gasteiger charge is -2.35. The van der Waals surface area contributed by atoms with Crippen molar-refractivity contribution in [3.05, 3.63) is 33.1 Å². The predicted molar refractivity (Wildman–Crippen MR) is 110 cm³/mol. The number of anilines is 1. The molecule has 1 amide bonds. The Hall–Kier alpha value is -1.65. The van der Waals surface area contributed by atoms with E-state index in [0.29, 0.717) is 32.8 Å². The predicted octanol–water partition coefficient (Wildman–Crippen LogP) is 1.54. The van der Waals surface area contributed by atoms with Crippen molar-refractivity contribution in [1.29, 1.82) is 0 Å². The zero-order valence-corrected chi connectivity index (χ0v) is 17.2. The van der Waals surface area contributed by atoms with E-state index < -0.39 is 0 Å². The first kappa shape index (κ1) is 19.7. The minimum atomic E-state index is 0.0571. The van der Waals surface area contributed by atoms with Crippen molar-refractivity contribution in [2.24, 2.45) is 0 Å². The molecule has 0 spiro atoms. The summed E-state index contributed by atoms with van der Waals surface area (Å²) >= 11 is 7.52. The standard InChI is InChI=1S/C18H25ClN6O2S/c19-16-2-1-13(28-16)10-21-17-9-14(22-23-17)15-11-25(4-3-20-15)18(26)12-24-5-7-27-8-6-24/h1-2,9,15,20H,3-8,10-12H2,(H2,21,22,23). The number of morpholine rings is 1. The van der Waals surface area contributed by atoms with Crippen LogP contribution in [0, 0.1) is 0 Å². The molecule has 0 radical (unpaired) electrons. The summed E-state index contributed by atoms with van der Waals surface area (Å²) in [7, 11) is 0. The fourth-order valence-electron chi connectivity index (χ4n) is 3.47. The van der Waals surface area contributed by atoms with E-state index in [-0.39, 0.29) is 11.9 Å². The first-order valence-corrected chi connectivity index (χ1v) is 10.7. The number of halogens is 1. The normalized spacial score (nSPS) is 21.0. The van der Waals surface area contributed by atoms with E-state index in [1.165, 1.54) is 0 Å². The van der Waals surface area contributed by atoms with Crippen LogP contribution in [0.3, 0.4) is 0 Å². The maximum Gasteiger partial charge on any atom is 0.236 e. The van der Waals surface area contributed by atoms with E-state index in [4.69, 9.17) is 16.3 Å². The lowest BCUT2D eigenvalue weighted by atomic mass is 10.1. The van der Waals surface area contributed by atoms with Crippen molar-refractivity contribution in [2.75, 3.05) is 57.8 Å². The largest absolute Gasteiger partial charge is 0.379 e. The summed E-state index contributed by atoms with van der Waals surface area (Å²) in [6, 6.07) is 5.96. The monoisotopic (exact) mass is 424 g/mol. The van der Waals surface area contributed by atoms with Gasteiger partial charge in [-0.2, -0.15) is 5.10 Å². The van der Waals surface area contributed by atoms with Crippen molar-refractivity contribution in [1.82, 2.24) is 25.3 Å². The summed E-state index contributed by atoms with van der Waals surface area (Å²) in [4.78, 5) is 17.9. The Morgan fingerprint density at radius 2 is 2.21 bits per heavy atom. The molecule has 10 heteroatoms. The maximum atomic E-state index is 12.7. The van der Waals surface area contributed by atoms with Crippen LogP contribution in [0.1, 0.15) is 16.6 Å². The van der Waals surface area contributed by atoms with Gasteiger partial charge < -0.3 is 20.3 Å². The summed E-state index contributed by atoms with van der Waals surface area (Å²) < 4.78 is 6.14. The molecule has 4 heterocycles. The molecule has 2 aliphatic heterocycles. The summed E-state index contributed by atoms with van der Waals surface area (Å²) in [5, 5.41) is 14.2. The second-order valence-electron chi connectivity index (χ2n) is 7.00. The van der Waals surface area contributed by atoms with Gasteiger partial charge in [0, 0.05) is 43.7 Å². The second-order valence-corrected chi connectivity index (χ2v) is 8.80. The Balaban J connectivity index is 1.30. The quantitative estimate of drug-likeness (QED) is 0.652. The van der Waals surface area contributed by atoms with Crippen LogP contribution in [-0.4, -0.2) is 78.4 Å². The minimum Gasteiger partial charge on any atom is -0.379 e. The average molecular weight is 425 g/mol. The van der Waals surface area contributed by atoms with Crippen LogP contribution in [0.2, 0.25) is 4.34 Å². The van der Waals surface area contributed by atoms with Crippen LogP contribution in [0.25, 0.3) is 0 Å². The zero-order chi connectivity index (χ0) is 19.3. The topological polar surface area (TPSA) is 85.5 Å². The number of carbonyl (C=O) groups excluding carboxylic acids is 1. The molecule has 152 valence electrons. The van der Waals surface area contributed by atoms with Gasteiger partial charge in [-0.25, -0.2) is 0 Å². The molecule has 2 aliphatic rings. The van der Waals surface area contributed by atoms with Gasteiger partial charge in [-0.15, -0.1) is 11.3 Å². The molecule has 0 bridgehead atoms. The number of carbonyl (C=O) groups is 1. The Morgan fingerprint density at radius 1 is 1.36 bits per heavy atom. The fraction of sp³-hybridized carbons (Fsp3) is 0.556. The van der Waals surface area contributed by atoms with E-state index in [2.05, 4.69) is 25.7 Å². The number of aromatic amines is 1. The molecule has 4 rings (SSSR count). The second kappa shape index (κ2) is 9.23. The number of nitrogens with one attached hydrogen (secondary N) is 3. The number of amides is 1. The highest BCUT2D eigenvalue weighted by atomic mass is 35.5.